The molecule has 0 aliphatic rings. The number of hydrogen-bond donors (Lipinski definition) is 2. The van der Waals surface area contributed by atoms with E-state index >= 15 is 0 Å². The van der Waals surface area contributed by atoms with Crippen LogP contribution in [0.2, 0.25) is 0 Å². The summed E-state index contributed by atoms with van der Waals surface area (Å²) in [5.41, 5.74) is 0.876. The van der Waals surface area contributed by atoms with E-state index in [1.807, 2.05) is 42.5 Å². The average Bonchev–Trinajstić information content (AvgIpc) is 3.00. The lowest BCUT2D eigenvalue weighted by Crippen LogP contribution is -2.21. The second kappa shape index (κ2) is 7.76. The van der Waals surface area contributed by atoms with Gasteiger partial charge in [0.15, 0.2) is 0 Å². The van der Waals surface area contributed by atoms with Crippen LogP contribution in [0, 0.1) is 0 Å². The Labute approximate surface area is 128 Å². The lowest BCUT2D eigenvalue weighted by Gasteiger charge is -2.08. The van der Waals surface area contributed by atoms with Gasteiger partial charge in [0.2, 0.25) is 5.91 Å². The summed E-state index contributed by atoms with van der Waals surface area (Å²) in [4.78, 5) is 13.5. The first kappa shape index (κ1) is 15.5. The molecule has 0 saturated heterocycles. The van der Waals surface area contributed by atoms with Crippen LogP contribution in [0.5, 0.6) is 0 Å². The summed E-state index contributed by atoms with van der Waals surface area (Å²) < 4.78 is 0. The van der Waals surface area contributed by atoms with Crippen molar-refractivity contribution in [3.05, 3.63) is 70.4 Å². The van der Waals surface area contributed by atoms with Crippen LogP contribution >= 0.6 is 11.3 Å². The summed E-state index contributed by atoms with van der Waals surface area (Å²) in [6.45, 7) is 4.10. The summed E-state index contributed by atoms with van der Waals surface area (Å²) in [6.07, 6.45) is 2.28. The van der Waals surface area contributed by atoms with Gasteiger partial charge in [0.05, 0.1) is 6.54 Å². The molecule has 2 aromatic rings. The van der Waals surface area contributed by atoms with Gasteiger partial charge in [-0.1, -0.05) is 36.4 Å². The van der Waals surface area contributed by atoms with Crippen molar-refractivity contribution in [2.24, 2.45) is 0 Å². The number of thiophene rings is 1. The zero-order valence-electron chi connectivity index (χ0n) is 11.8. The normalized spacial score (nSPS) is 11.9. The van der Waals surface area contributed by atoms with Crippen molar-refractivity contribution in [2.75, 3.05) is 0 Å². The number of hydrogen-bond acceptors (Lipinski definition) is 3. The lowest BCUT2D eigenvalue weighted by atomic mass is 10.1. The molecule has 2 N–H and O–H groups in total. The highest BCUT2D eigenvalue weighted by molar-refractivity contribution is 7.12. The van der Waals surface area contributed by atoms with E-state index in [1.165, 1.54) is 11.3 Å². The number of amides is 1. The van der Waals surface area contributed by atoms with Crippen LogP contribution in [0.4, 0.5) is 0 Å². The molecule has 0 fully saturated rings. The lowest BCUT2D eigenvalue weighted by molar-refractivity contribution is -0.121. The average molecular weight is 301 g/mol. The van der Waals surface area contributed by atoms with Crippen molar-refractivity contribution >= 4 is 17.2 Å². The molecule has 21 heavy (non-hydrogen) atoms. The first-order valence-corrected chi connectivity index (χ1v) is 7.71. The van der Waals surface area contributed by atoms with Gasteiger partial charge in [0.1, 0.15) is 6.10 Å². The third-order valence-electron chi connectivity index (χ3n) is 3.10. The fourth-order valence-electron chi connectivity index (χ4n) is 1.94. The zero-order valence-corrected chi connectivity index (χ0v) is 12.6. The highest BCUT2D eigenvalue weighted by atomic mass is 32.1. The molecule has 1 aromatic heterocycles. The molecule has 2 rings (SSSR count). The second-order valence-corrected chi connectivity index (χ2v) is 5.92. The van der Waals surface area contributed by atoms with E-state index in [1.54, 1.807) is 6.08 Å². The van der Waals surface area contributed by atoms with Gasteiger partial charge >= 0.3 is 0 Å². The van der Waals surface area contributed by atoms with Crippen LogP contribution in [-0.4, -0.2) is 11.0 Å². The number of nitrogens with one attached hydrogen (secondary N) is 1. The maximum absolute atomic E-state index is 11.5. The van der Waals surface area contributed by atoms with Crippen LogP contribution in [0.25, 0.3) is 0 Å². The Morgan fingerprint density at radius 1 is 1.29 bits per heavy atom. The number of benzene rings is 1. The van der Waals surface area contributed by atoms with Gasteiger partial charge in [-0.15, -0.1) is 17.9 Å². The zero-order chi connectivity index (χ0) is 15.1. The van der Waals surface area contributed by atoms with Gasteiger partial charge in [-0.3, -0.25) is 4.79 Å². The van der Waals surface area contributed by atoms with Gasteiger partial charge < -0.3 is 10.4 Å². The maximum Gasteiger partial charge on any atom is 0.220 e. The molecular formula is C17H19NO2S. The molecule has 3 nitrogen and oxygen atoms in total. The smallest absolute Gasteiger partial charge is 0.220 e. The second-order valence-electron chi connectivity index (χ2n) is 4.72. The molecule has 0 radical (unpaired) electrons. The van der Waals surface area contributed by atoms with Crippen molar-refractivity contribution in [2.45, 2.75) is 25.5 Å². The van der Waals surface area contributed by atoms with E-state index < -0.39 is 6.10 Å². The number of carbonyl (C=O) groups excluding carboxylic acids is 1. The third kappa shape index (κ3) is 4.55. The molecule has 1 amide bonds. The van der Waals surface area contributed by atoms with Crippen LogP contribution in [-0.2, 0) is 11.3 Å². The van der Waals surface area contributed by atoms with Crippen LogP contribution in [0.1, 0.15) is 34.3 Å². The molecule has 1 atom stereocenters. The molecule has 0 aliphatic heterocycles. The Hall–Kier alpha value is -1.91. The number of aliphatic hydroxyl groups is 1. The predicted octanol–water partition coefficient (Wildman–Crippen LogP) is 3.41. The van der Waals surface area contributed by atoms with Crippen molar-refractivity contribution in [1.82, 2.24) is 5.32 Å². The van der Waals surface area contributed by atoms with Gasteiger partial charge in [-0.05, 0) is 24.1 Å². The third-order valence-corrected chi connectivity index (χ3v) is 4.24. The Morgan fingerprint density at radius 2 is 2.05 bits per heavy atom. The quantitative estimate of drug-likeness (QED) is 0.770. The molecule has 0 bridgehead atoms. The number of allylic oxidation sites excluding steroid dienone is 1. The topological polar surface area (TPSA) is 49.3 Å². The van der Waals surface area contributed by atoms with Crippen LogP contribution in [0.15, 0.2) is 55.1 Å². The first-order chi connectivity index (χ1) is 10.2. The highest BCUT2D eigenvalue weighted by Crippen LogP contribution is 2.28. The van der Waals surface area contributed by atoms with Gasteiger partial charge in [0, 0.05) is 16.2 Å². The minimum absolute atomic E-state index is 0.0217. The van der Waals surface area contributed by atoms with Crippen molar-refractivity contribution in [3.63, 3.8) is 0 Å². The Morgan fingerprint density at radius 3 is 2.76 bits per heavy atom. The maximum atomic E-state index is 11.5. The number of carbonyl (C=O) groups is 1. The van der Waals surface area contributed by atoms with Crippen molar-refractivity contribution < 1.29 is 9.90 Å². The van der Waals surface area contributed by atoms with Crippen molar-refractivity contribution in [1.29, 1.82) is 0 Å². The van der Waals surface area contributed by atoms with E-state index in [-0.39, 0.29) is 5.91 Å². The van der Waals surface area contributed by atoms with E-state index in [0.717, 1.165) is 15.3 Å². The molecule has 4 heteroatoms. The first-order valence-electron chi connectivity index (χ1n) is 6.90. The molecule has 1 unspecified atom stereocenters. The standard InChI is InChI=1S/C17H19NO2S/c1-2-3-9-16(19)18-12-14-10-11-15(21-14)17(20)13-7-5-4-6-8-13/h2,4-8,10-11,17,20H,1,3,9,12H2,(H,18,19). The SMILES string of the molecule is C=CCCC(=O)NCc1ccc(C(O)c2ccccc2)s1. The molecular weight excluding hydrogens is 282 g/mol. The largest absolute Gasteiger partial charge is 0.383 e. The molecule has 0 saturated carbocycles. The van der Waals surface area contributed by atoms with Crippen LogP contribution in [0.3, 0.4) is 0 Å². The summed E-state index contributed by atoms with van der Waals surface area (Å²) >= 11 is 1.52. The van der Waals surface area contributed by atoms with Crippen molar-refractivity contribution in [3.8, 4) is 0 Å². The molecule has 0 spiro atoms. The summed E-state index contributed by atoms with van der Waals surface area (Å²) in [6, 6.07) is 13.4. The minimum Gasteiger partial charge on any atom is -0.383 e. The molecule has 1 aromatic carbocycles. The van der Waals surface area contributed by atoms with Gasteiger partial charge in [0.25, 0.3) is 0 Å². The summed E-state index contributed by atoms with van der Waals surface area (Å²) in [5, 5.41) is 13.2. The summed E-state index contributed by atoms with van der Waals surface area (Å²) in [7, 11) is 0. The number of rotatable bonds is 7. The van der Waals surface area contributed by atoms with E-state index in [2.05, 4.69) is 11.9 Å². The Kier molecular flexibility index (Phi) is 5.72. The highest BCUT2D eigenvalue weighted by Gasteiger charge is 2.12. The Balaban J connectivity index is 1.92. The Bertz CT molecular complexity index is 592. The van der Waals surface area contributed by atoms with E-state index in [4.69, 9.17) is 0 Å². The summed E-state index contributed by atoms with van der Waals surface area (Å²) in [5.74, 6) is 0.0217. The molecule has 1 heterocycles. The fourth-order valence-corrected chi connectivity index (χ4v) is 2.91. The fraction of sp³-hybridized carbons (Fsp3) is 0.235. The predicted molar refractivity (Wildman–Crippen MR) is 86.1 cm³/mol. The van der Waals surface area contributed by atoms with Crippen LogP contribution < -0.4 is 5.32 Å². The van der Waals surface area contributed by atoms with E-state index in [9.17, 15) is 9.90 Å². The van der Waals surface area contributed by atoms with E-state index in [0.29, 0.717) is 19.4 Å². The monoisotopic (exact) mass is 301 g/mol. The number of aliphatic hydroxyl groups excluding tert-OH is 1. The van der Waals surface area contributed by atoms with Gasteiger partial charge in [-0.25, -0.2) is 0 Å². The molecule has 0 aliphatic carbocycles. The molecule has 110 valence electrons. The minimum atomic E-state index is -0.610. The van der Waals surface area contributed by atoms with Gasteiger partial charge in [-0.2, -0.15) is 0 Å².